The van der Waals surface area contributed by atoms with Gasteiger partial charge in [-0.05, 0) is 35.9 Å². The van der Waals surface area contributed by atoms with Crippen LogP contribution in [0.3, 0.4) is 0 Å². The van der Waals surface area contributed by atoms with Crippen LogP contribution in [0.1, 0.15) is 5.56 Å². The van der Waals surface area contributed by atoms with Crippen molar-refractivity contribution in [2.24, 2.45) is 0 Å². The summed E-state index contributed by atoms with van der Waals surface area (Å²) < 4.78 is 13.4. The molecular formula is C18H12Cl2FNO3S. The van der Waals surface area contributed by atoms with Gasteiger partial charge < -0.3 is 5.11 Å². The van der Waals surface area contributed by atoms with Crippen LogP contribution >= 0.6 is 35.0 Å². The molecule has 0 aliphatic carbocycles. The molecule has 2 aromatic carbocycles. The number of benzene rings is 2. The van der Waals surface area contributed by atoms with Gasteiger partial charge in [-0.2, -0.15) is 0 Å². The molecule has 1 N–H and O–H groups in total. The van der Waals surface area contributed by atoms with Crippen LogP contribution in [-0.4, -0.2) is 29.3 Å². The number of imide groups is 1. The minimum Gasteiger partial charge on any atom is -0.396 e. The molecule has 0 aromatic heterocycles. The number of carbonyl (C=O) groups excluding carboxylic acids is 2. The van der Waals surface area contributed by atoms with Gasteiger partial charge in [-0.25, -0.2) is 9.29 Å². The molecule has 26 heavy (non-hydrogen) atoms. The number of hydrogen-bond donors (Lipinski definition) is 1. The molecule has 4 nitrogen and oxygen atoms in total. The summed E-state index contributed by atoms with van der Waals surface area (Å²) in [6.45, 7) is -0.147. The monoisotopic (exact) mass is 411 g/mol. The molecule has 0 fully saturated rings. The van der Waals surface area contributed by atoms with Crippen LogP contribution in [0.5, 0.6) is 0 Å². The number of rotatable bonds is 5. The summed E-state index contributed by atoms with van der Waals surface area (Å²) >= 11 is 12.8. The van der Waals surface area contributed by atoms with Gasteiger partial charge in [-0.1, -0.05) is 35.3 Å². The van der Waals surface area contributed by atoms with Gasteiger partial charge in [0.2, 0.25) is 0 Å². The minimum absolute atomic E-state index is 0.147. The lowest BCUT2D eigenvalue weighted by atomic mass is 10.1. The first-order valence-electron chi connectivity index (χ1n) is 7.51. The Labute approximate surface area is 163 Å². The summed E-state index contributed by atoms with van der Waals surface area (Å²) in [6.07, 6.45) is 0. The van der Waals surface area contributed by atoms with Crippen LogP contribution in [0.2, 0.25) is 10.0 Å². The molecule has 0 saturated heterocycles. The van der Waals surface area contributed by atoms with Gasteiger partial charge in [0.15, 0.2) is 0 Å². The van der Waals surface area contributed by atoms with Gasteiger partial charge in [0.05, 0.1) is 27.8 Å². The highest BCUT2D eigenvalue weighted by Crippen LogP contribution is 2.39. The molecule has 0 atom stereocenters. The Hall–Kier alpha value is -1.86. The number of aliphatic hydroxyl groups is 1. The zero-order valence-electron chi connectivity index (χ0n) is 13.2. The predicted molar refractivity (Wildman–Crippen MR) is 102 cm³/mol. The number of amides is 2. The quantitative estimate of drug-likeness (QED) is 0.750. The first kappa shape index (κ1) is 18.9. The van der Waals surface area contributed by atoms with Crippen LogP contribution in [0.25, 0.3) is 5.57 Å². The zero-order valence-corrected chi connectivity index (χ0v) is 15.5. The first-order valence-corrected chi connectivity index (χ1v) is 9.26. The van der Waals surface area contributed by atoms with Crippen molar-refractivity contribution in [1.29, 1.82) is 0 Å². The van der Waals surface area contributed by atoms with Crippen LogP contribution < -0.4 is 4.90 Å². The molecule has 0 bridgehead atoms. The third kappa shape index (κ3) is 3.50. The van der Waals surface area contributed by atoms with Crippen molar-refractivity contribution in [2.75, 3.05) is 17.3 Å². The van der Waals surface area contributed by atoms with E-state index in [-0.39, 0.29) is 33.5 Å². The minimum atomic E-state index is -0.643. The number of carbonyl (C=O) groups is 2. The van der Waals surface area contributed by atoms with E-state index in [1.807, 2.05) is 0 Å². The lowest BCUT2D eigenvalue weighted by Crippen LogP contribution is -2.31. The molecule has 1 heterocycles. The summed E-state index contributed by atoms with van der Waals surface area (Å²) in [4.78, 5) is 27.0. The van der Waals surface area contributed by atoms with Crippen LogP contribution in [0.4, 0.5) is 10.1 Å². The second-order valence-corrected chi connectivity index (χ2v) is 7.28. The molecule has 134 valence electrons. The lowest BCUT2D eigenvalue weighted by Gasteiger charge is -2.15. The number of nitrogens with zero attached hydrogens (tertiary/aromatic N) is 1. The van der Waals surface area contributed by atoms with Crippen molar-refractivity contribution in [3.05, 3.63) is 68.8 Å². The van der Waals surface area contributed by atoms with Gasteiger partial charge in [-0.3, -0.25) is 9.59 Å². The van der Waals surface area contributed by atoms with E-state index in [0.717, 1.165) is 22.7 Å². The molecule has 0 unspecified atom stereocenters. The van der Waals surface area contributed by atoms with Gasteiger partial charge in [0.1, 0.15) is 5.82 Å². The number of aliphatic hydroxyl groups excluding tert-OH is 1. The Morgan fingerprint density at radius 3 is 2.35 bits per heavy atom. The van der Waals surface area contributed by atoms with Crippen molar-refractivity contribution in [1.82, 2.24) is 0 Å². The van der Waals surface area contributed by atoms with Crippen LogP contribution in [-0.2, 0) is 9.59 Å². The first-order chi connectivity index (χ1) is 12.4. The zero-order chi connectivity index (χ0) is 18.8. The average Bonchev–Trinajstić information content (AvgIpc) is 2.86. The van der Waals surface area contributed by atoms with Crippen molar-refractivity contribution in [3.63, 3.8) is 0 Å². The molecular weight excluding hydrogens is 400 g/mol. The van der Waals surface area contributed by atoms with Crippen molar-refractivity contribution in [2.45, 2.75) is 0 Å². The van der Waals surface area contributed by atoms with E-state index in [1.54, 1.807) is 24.3 Å². The van der Waals surface area contributed by atoms with Crippen LogP contribution in [0, 0.1) is 5.82 Å². The average molecular weight is 412 g/mol. The Bertz CT molecular complexity index is 915. The Balaban J connectivity index is 2.07. The van der Waals surface area contributed by atoms with E-state index in [0.29, 0.717) is 10.6 Å². The van der Waals surface area contributed by atoms with Crippen LogP contribution in [0.15, 0.2) is 47.4 Å². The fourth-order valence-electron chi connectivity index (χ4n) is 2.52. The maximum absolute atomic E-state index is 13.4. The summed E-state index contributed by atoms with van der Waals surface area (Å²) in [5.41, 5.74) is 0.923. The Kier molecular flexibility index (Phi) is 5.67. The summed E-state index contributed by atoms with van der Waals surface area (Å²) in [5.74, 6) is -1.47. The van der Waals surface area contributed by atoms with E-state index in [1.165, 1.54) is 12.1 Å². The second-order valence-electron chi connectivity index (χ2n) is 5.33. The van der Waals surface area contributed by atoms with E-state index < -0.39 is 17.6 Å². The molecule has 2 aromatic rings. The smallest absolute Gasteiger partial charge is 0.272 e. The summed E-state index contributed by atoms with van der Waals surface area (Å²) in [5, 5.41) is 9.40. The molecule has 3 rings (SSSR count). The Morgan fingerprint density at radius 1 is 1.04 bits per heavy atom. The molecule has 0 spiro atoms. The number of thioether (sulfide) groups is 1. The Morgan fingerprint density at radius 2 is 1.73 bits per heavy atom. The molecule has 1 aliphatic rings. The third-order valence-corrected chi connectivity index (χ3v) is 5.27. The van der Waals surface area contributed by atoms with Gasteiger partial charge in [0.25, 0.3) is 11.8 Å². The fourth-order valence-corrected chi connectivity index (χ4v) is 3.68. The molecule has 2 amide bonds. The highest BCUT2D eigenvalue weighted by molar-refractivity contribution is 8.04. The third-order valence-electron chi connectivity index (χ3n) is 3.67. The molecule has 1 aliphatic heterocycles. The topological polar surface area (TPSA) is 57.6 Å². The highest BCUT2D eigenvalue weighted by Gasteiger charge is 2.40. The normalized spacial score (nSPS) is 14.5. The molecule has 0 radical (unpaired) electrons. The SMILES string of the molecule is O=C1C(SCCO)=C(c2ccc(Cl)cc2)C(=O)N1c1ccc(F)c(Cl)c1. The maximum Gasteiger partial charge on any atom is 0.272 e. The van der Waals surface area contributed by atoms with Gasteiger partial charge in [0, 0.05) is 10.8 Å². The van der Waals surface area contributed by atoms with Gasteiger partial charge in [-0.15, -0.1) is 11.8 Å². The maximum atomic E-state index is 13.4. The highest BCUT2D eigenvalue weighted by atomic mass is 35.5. The van der Waals surface area contributed by atoms with Gasteiger partial charge >= 0.3 is 0 Å². The predicted octanol–water partition coefficient (Wildman–Crippen LogP) is 4.14. The van der Waals surface area contributed by atoms with Crippen molar-refractivity contribution in [3.8, 4) is 0 Å². The van der Waals surface area contributed by atoms with E-state index in [4.69, 9.17) is 28.3 Å². The largest absolute Gasteiger partial charge is 0.396 e. The number of halogens is 3. The molecule has 8 heteroatoms. The summed E-state index contributed by atoms with van der Waals surface area (Å²) in [7, 11) is 0. The van der Waals surface area contributed by atoms with E-state index in [2.05, 4.69) is 0 Å². The van der Waals surface area contributed by atoms with Crippen molar-refractivity contribution < 1.29 is 19.1 Å². The number of hydrogen-bond acceptors (Lipinski definition) is 4. The van der Waals surface area contributed by atoms with Crippen molar-refractivity contribution >= 4 is 58.0 Å². The number of anilines is 1. The van der Waals surface area contributed by atoms with E-state index >= 15 is 0 Å². The molecule has 0 saturated carbocycles. The standard InChI is InChI=1S/C18H12Cl2FNO3S/c19-11-3-1-10(2-4-11)15-16(26-8-7-23)18(25)22(17(15)24)12-5-6-14(21)13(20)9-12/h1-6,9,23H,7-8H2. The summed E-state index contributed by atoms with van der Waals surface area (Å²) in [6, 6.07) is 10.2. The second kappa shape index (κ2) is 7.80. The fraction of sp³-hybridized carbons (Fsp3) is 0.111. The van der Waals surface area contributed by atoms with E-state index in [9.17, 15) is 14.0 Å². The lowest BCUT2D eigenvalue weighted by molar-refractivity contribution is -0.119.